The second-order valence-corrected chi connectivity index (χ2v) is 4.18. The molecule has 19 heavy (non-hydrogen) atoms. The largest absolute Gasteiger partial charge is 0.489 e. The molecule has 1 aromatic heterocycles. The molecule has 100 valence electrons. The van der Waals surface area contributed by atoms with Gasteiger partial charge in [-0.05, 0) is 31.2 Å². The third-order valence-corrected chi connectivity index (χ3v) is 2.53. The van der Waals surface area contributed by atoms with Gasteiger partial charge in [-0.15, -0.1) is 0 Å². The predicted octanol–water partition coefficient (Wildman–Crippen LogP) is 2.35. The number of aromatic amines is 1. The van der Waals surface area contributed by atoms with Gasteiger partial charge in [0.15, 0.2) is 0 Å². The molecule has 0 aliphatic carbocycles. The van der Waals surface area contributed by atoms with Gasteiger partial charge in [0, 0.05) is 12.3 Å². The Hall–Kier alpha value is -2.30. The zero-order chi connectivity index (χ0) is 13.7. The van der Waals surface area contributed by atoms with Crippen molar-refractivity contribution < 1.29 is 13.9 Å². The highest BCUT2D eigenvalue weighted by atomic mass is 19.1. The summed E-state index contributed by atoms with van der Waals surface area (Å²) in [6.45, 7) is 2.15. The number of hydrogen-bond donors (Lipinski definition) is 2. The van der Waals surface area contributed by atoms with Crippen LogP contribution in [0.3, 0.4) is 0 Å². The van der Waals surface area contributed by atoms with Gasteiger partial charge in [-0.1, -0.05) is 6.07 Å². The van der Waals surface area contributed by atoms with E-state index in [1.807, 2.05) is 0 Å². The minimum atomic E-state index is -0.347. The first-order valence-electron chi connectivity index (χ1n) is 5.99. The molecule has 0 aliphatic heterocycles. The lowest BCUT2D eigenvalue weighted by Crippen LogP contribution is -2.33. The molecule has 2 aromatic rings. The molecule has 0 fully saturated rings. The molecule has 1 heterocycles. The van der Waals surface area contributed by atoms with E-state index in [9.17, 15) is 9.18 Å². The molecular formula is C14H15FN2O2. The molecule has 0 saturated heterocycles. The zero-order valence-electron chi connectivity index (χ0n) is 10.5. The fourth-order valence-corrected chi connectivity index (χ4v) is 1.62. The van der Waals surface area contributed by atoms with Crippen LogP contribution in [0.2, 0.25) is 0 Å². The van der Waals surface area contributed by atoms with Crippen LogP contribution in [0.4, 0.5) is 4.39 Å². The van der Waals surface area contributed by atoms with Crippen molar-refractivity contribution in [2.75, 3.05) is 6.54 Å². The summed E-state index contributed by atoms with van der Waals surface area (Å²) in [6, 6.07) is 9.35. The number of hydrogen-bond acceptors (Lipinski definition) is 2. The Kier molecular flexibility index (Phi) is 4.18. The Morgan fingerprint density at radius 2 is 2.26 bits per heavy atom. The van der Waals surface area contributed by atoms with Crippen molar-refractivity contribution in [2.45, 2.75) is 13.0 Å². The average Bonchev–Trinajstić information content (AvgIpc) is 2.90. The lowest BCUT2D eigenvalue weighted by Gasteiger charge is -2.15. The van der Waals surface area contributed by atoms with Crippen molar-refractivity contribution in [1.29, 1.82) is 0 Å². The maximum atomic E-state index is 13.0. The van der Waals surface area contributed by atoms with E-state index in [1.165, 1.54) is 12.1 Å². The van der Waals surface area contributed by atoms with Crippen molar-refractivity contribution in [3.05, 3.63) is 54.1 Å². The van der Waals surface area contributed by atoms with E-state index >= 15 is 0 Å². The van der Waals surface area contributed by atoms with Crippen LogP contribution < -0.4 is 10.1 Å². The number of carbonyl (C=O) groups excluding carboxylic acids is 1. The van der Waals surface area contributed by atoms with E-state index < -0.39 is 0 Å². The number of rotatable bonds is 5. The summed E-state index contributed by atoms with van der Waals surface area (Å²) in [7, 11) is 0. The molecule has 2 N–H and O–H groups in total. The summed E-state index contributed by atoms with van der Waals surface area (Å²) in [5.41, 5.74) is 0.498. The number of nitrogens with one attached hydrogen (secondary N) is 2. The van der Waals surface area contributed by atoms with Gasteiger partial charge in [-0.2, -0.15) is 0 Å². The highest BCUT2D eigenvalue weighted by Gasteiger charge is 2.09. The van der Waals surface area contributed by atoms with E-state index in [-0.39, 0.29) is 17.8 Å². The van der Waals surface area contributed by atoms with Crippen LogP contribution in [0.5, 0.6) is 5.75 Å². The SMILES string of the molecule is CC(CNC(=O)c1ccc[nH]1)Oc1cccc(F)c1. The number of benzene rings is 1. The summed E-state index contributed by atoms with van der Waals surface area (Å²) in [5, 5.41) is 2.73. The van der Waals surface area contributed by atoms with Crippen LogP contribution in [-0.4, -0.2) is 23.5 Å². The molecule has 0 saturated carbocycles. The minimum Gasteiger partial charge on any atom is -0.489 e. The van der Waals surface area contributed by atoms with Gasteiger partial charge in [0.05, 0.1) is 6.54 Å². The number of amides is 1. The summed E-state index contributed by atoms with van der Waals surface area (Å²) in [6.07, 6.45) is 1.43. The van der Waals surface area contributed by atoms with E-state index in [4.69, 9.17) is 4.74 Å². The molecular weight excluding hydrogens is 247 g/mol. The lowest BCUT2D eigenvalue weighted by atomic mass is 10.3. The van der Waals surface area contributed by atoms with Crippen LogP contribution in [0.1, 0.15) is 17.4 Å². The molecule has 0 bridgehead atoms. The molecule has 0 aliphatic rings. The Morgan fingerprint density at radius 3 is 2.95 bits per heavy atom. The highest BCUT2D eigenvalue weighted by molar-refractivity contribution is 5.92. The second kappa shape index (κ2) is 6.04. The third kappa shape index (κ3) is 3.84. The smallest absolute Gasteiger partial charge is 0.267 e. The van der Waals surface area contributed by atoms with Crippen LogP contribution in [0.25, 0.3) is 0 Å². The van der Waals surface area contributed by atoms with Gasteiger partial charge in [0.25, 0.3) is 5.91 Å². The normalized spacial score (nSPS) is 11.9. The number of halogens is 1. The molecule has 5 heteroatoms. The Labute approximate surface area is 110 Å². The molecule has 1 aromatic carbocycles. The zero-order valence-corrected chi connectivity index (χ0v) is 10.5. The number of carbonyl (C=O) groups is 1. The van der Waals surface area contributed by atoms with Gasteiger partial charge in [0.2, 0.25) is 0 Å². The first kappa shape index (κ1) is 13.1. The van der Waals surface area contributed by atoms with Gasteiger partial charge < -0.3 is 15.0 Å². The van der Waals surface area contributed by atoms with E-state index in [1.54, 1.807) is 37.4 Å². The van der Waals surface area contributed by atoms with Gasteiger partial charge in [0.1, 0.15) is 23.4 Å². The second-order valence-electron chi connectivity index (χ2n) is 4.18. The fourth-order valence-electron chi connectivity index (χ4n) is 1.62. The average molecular weight is 262 g/mol. The van der Waals surface area contributed by atoms with Gasteiger partial charge >= 0.3 is 0 Å². The van der Waals surface area contributed by atoms with E-state index in [0.29, 0.717) is 18.0 Å². The fraction of sp³-hybridized carbons (Fsp3) is 0.214. The molecule has 2 rings (SSSR count). The van der Waals surface area contributed by atoms with Crippen molar-refractivity contribution in [2.24, 2.45) is 0 Å². The molecule has 0 spiro atoms. The lowest BCUT2D eigenvalue weighted by molar-refractivity contribution is 0.0927. The van der Waals surface area contributed by atoms with E-state index in [0.717, 1.165) is 0 Å². The van der Waals surface area contributed by atoms with Crippen molar-refractivity contribution in [3.8, 4) is 5.75 Å². The van der Waals surface area contributed by atoms with Crippen molar-refractivity contribution in [1.82, 2.24) is 10.3 Å². The van der Waals surface area contributed by atoms with Crippen molar-refractivity contribution in [3.63, 3.8) is 0 Å². The maximum absolute atomic E-state index is 13.0. The predicted molar refractivity (Wildman–Crippen MR) is 69.6 cm³/mol. The molecule has 1 unspecified atom stereocenters. The first-order chi connectivity index (χ1) is 9.15. The summed E-state index contributed by atoms with van der Waals surface area (Å²) < 4.78 is 18.5. The highest BCUT2D eigenvalue weighted by Crippen LogP contribution is 2.13. The monoisotopic (exact) mass is 262 g/mol. The molecule has 1 atom stereocenters. The third-order valence-electron chi connectivity index (χ3n) is 2.53. The first-order valence-corrected chi connectivity index (χ1v) is 5.99. The molecule has 0 radical (unpaired) electrons. The van der Waals surface area contributed by atoms with Gasteiger partial charge in [-0.25, -0.2) is 4.39 Å². The van der Waals surface area contributed by atoms with Crippen molar-refractivity contribution >= 4 is 5.91 Å². The minimum absolute atomic E-state index is 0.195. The maximum Gasteiger partial charge on any atom is 0.267 e. The van der Waals surface area contributed by atoms with E-state index in [2.05, 4.69) is 10.3 Å². The van der Waals surface area contributed by atoms with Crippen LogP contribution >= 0.6 is 0 Å². The van der Waals surface area contributed by atoms with Crippen LogP contribution in [-0.2, 0) is 0 Å². The summed E-state index contributed by atoms with van der Waals surface area (Å²) in [5.74, 6) is -0.0959. The number of H-pyrrole nitrogens is 1. The number of aromatic nitrogens is 1. The Balaban J connectivity index is 1.82. The number of ether oxygens (including phenoxy) is 1. The van der Waals surface area contributed by atoms with Gasteiger partial charge in [-0.3, -0.25) is 4.79 Å². The topological polar surface area (TPSA) is 54.1 Å². The molecule has 1 amide bonds. The van der Waals surface area contributed by atoms with Crippen LogP contribution in [0, 0.1) is 5.82 Å². The standard InChI is InChI=1S/C14H15FN2O2/c1-10(19-12-5-2-4-11(15)8-12)9-17-14(18)13-6-3-7-16-13/h2-8,10,16H,9H2,1H3,(H,17,18). The Morgan fingerprint density at radius 1 is 1.42 bits per heavy atom. The quantitative estimate of drug-likeness (QED) is 0.869. The molecule has 4 nitrogen and oxygen atoms in total. The van der Waals surface area contributed by atoms with Crippen LogP contribution in [0.15, 0.2) is 42.6 Å². The summed E-state index contributed by atoms with van der Waals surface area (Å²) >= 11 is 0. The Bertz CT molecular complexity index is 540. The summed E-state index contributed by atoms with van der Waals surface area (Å²) in [4.78, 5) is 14.5.